The van der Waals surface area contributed by atoms with E-state index in [2.05, 4.69) is 51.8 Å². The molecule has 24 heteroatoms. The van der Waals surface area contributed by atoms with Crippen LogP contribution in [0, 0.1) is 5.92 Å². The topological polar surface area (TPSA) is 399 Å². The van der Waals surface area contributed by atoms with Crippen molar-refractivity contribution < 1.29 is 38.4 Å². The van der Waals surface area contributed by atoms with Gasteiger partial charge < -0.3 is 75.4 Å². The van der Waals surface area contributed by atoms with Gasteiger partial charge in [0.2, 0.25) is 47.3 Å². The van der Waals surface area contributed by atoms with Crippen LogP contribution in [0.15, 0.2) is 78.3 Å². The summed E-state index contributed by atoms with van der Waals surface area (Å²) in [4.78, 5) is 126. The third-order valence-electron chi connectivity index (χ3n) is 12.8. The van der Waals surface area contributed by atoms with E-state index in [0.717, 1.165) is 10.9 Å². The number of guanidine groups is 1. The second-order valence-corrected chi connectivity index (χ2v) is 19.2. The highest BCUT2D eigenvalue weighted by Crippen LogP contribution is 2.22. The van der Waals surface area contributed by atoms with Crippen molar-refractivity contribution in [1.29, 1.82) is 0 Å². The van der Waals surface area contributed by atoms with Crippen molar-refractivity contribution in [2.75, 3.05) is 26.2 Å². The van der Waals surface area contributed by atoms with E-state index in [1.54, 1.807) is 36.5 Å². The number of nitrogens with one attached hydrogen (secondary N) is 8. The minimum atomic E-state index is -1.33. The Labute approximate surface area is 435 Å². The zero-order chi connectivity index (χ0) is 54.4. The van der Waals surface area contributed by atoms with Crippen LogP contribution in [-0.2, 0) is 57.6 Å². The zero-order valence-electron chi connectivity index (χ0n) is 42.6. The molecule has 1 aliphatic heterocycles. The summed E-state index contributed by atoms with van der Waals surface area (Å²) in [7, 11) is 0. The summed E-state index contributed by atoms with van der Waals surface area (Å²) >= 11 is 0. The van der Waals surface area contributed by atoms with Crippen LogP contribution < -0.4 is 60.6 Å². The highest BCUT2D eigenvalue weighted by Gasteiger charge is 2.39. The number of hydrogen-bond acceptors (Lipinski definition) is 12. The number of carbonyl (C=O) groups is 8. The number of aliphatic imine (C=N–C) groups is 1. The lowest BCUT2D eigenvalue weighted by Gasteiger charge is -2.30. The molecule has 3 heterocycles. The summed E-state index contributed by atoms with van der Waals surface area (Å²) < 4.78 is 0. The van der Waals surface area contributed by atoms with Crippen LogP contribution in [0.25, 0.3) is 10.9 Å². The van der Waals surface area contributed by atoms with Gasteiger partial charge in [0.05, 0.1) is 18.9 Å². The lowest BCUT2D eigenvalue weighted by Crippen LogP contribution is -2.59. The van der Waals surface area contributed by atoms with Gasteiger partial charge in [-0.15, -0.1) is 0 Å². The highest BCUT2D eigenvalue weighted by molar-refractivity contribution is 5.97. The molecule has 0 saturated carbocycles. The van der Waals surface area contributed by atoms with Crippen LogP contribution in [0.3, 0.4) is 0 Å². The molecule has 1 fully saturated rings. The van der Waals surface area contributed by atoms with Gasteiger partial charge in [0.1, 0.15) is 36.3 Å². The zero-order valence-corrected chi connectivity index (χ0v) is 42.6. The van der Waals surface area contributed by atoms with Gasteiger partial charge in [0.15, 0.2) is 5.96 Å². The van der Waals surface area contributed by atoms with Gasteiger partial charge in [-0.25, -0.2) is 4.98 Å². The number of likely N-dealkylation sites (tertiary alicyclic amines) is 1. The Kier molecular flexibility index (Phi) is 22.5. The molecule has 0 aliphatic carbocycles. The summed E-state index contributed by atoms with van der Waals surface area (Å²) in [5.74, 6) is -5.43. The third-order valence-corrected chi connectivity index (χ3v) is 12.8. The second kappa shape index (κ2) is 29.1. The van der Waals surface area contributed by atoms with Crippen LogP contribution in [-0.4, -0.2) is 142 Å². The predicted octanol–water partition coefficient (Wildman–Crippen LogP) is -1.51. The maximum absolute atomic E-state index is 14.5. The average molecular weight is 1040 g/mol. The van der Waals surface area contributed by atoms with E-state index in [-0.39, 0.29) is 63.5 Å². The first-order valence-corrected chi connectivity index (χ1v) is 25.4. The number of carbonyl (C=O) groups excluding carboxylic acids is 8. The van der Waals surface area contributed by atoms with E-state index in [1.807, 2.05) is 38.1 Å². The van der Waals surface area contributed by atoms with Crippen LogP contribution in [0.1, 0.15) is 82.0 Å². The Morgan fingerprint density at radius 1 is 0.747 bits per heavy atom. The van der Waals surface area contributed by atoms with Gasteiger partial charge in [0, 0.05) is 61.3 Å². The van der Waals surface area contributed by atoms with Crippen molar-refractivity contribution in [3.8, 4) is 0 Å². The van der Waals surface area contributed by atoms with E-state index in [1.165, 1.54) is 17.4 Å². The first kappa shape index (κ1) is 58.0. The van der Waals surface area contributed by atoms with Gasteiger partial charge >= 0.3 is 0 Å². The maximum atomic E-state index is 14.5. The molecule has 5 rings (SSSR count). The standard InChI is InChI=1S/C51H74N16O8/c1-30(2)22-39(44(54)69)64-49(74)42-18-11-21-67(42)50(75)38(16-8-9-19-52)62-43(68)28-60-46(71)41(24-32-26-59-36-15-7-6-14-34(32)36)66-47(72)37(17-10-20-58-51(55)56)63-48(73)40(23-31-12-4-3-5-13-31)65-45(70)35(53)25-33-27-57-29-61-33/h3-7,12-15,26-27,29-30,35,37-42,59H,8-11,16-25,28,52-53H2,1-2H3,(H2,54,69)(H,57,61)(H,60,71)(H,62,68)(H,63,73)(H,64,74)(H,65,70)(H,66,72)(H4,55,56,58). The number of rotatable bonds is 30. The number of benzene rings is 2. The average Bonchev–Trinajstić information content (AvgIpc) is 4.18. The number of fused-ring (bicyclic) bond motifs is 1. The SMILES string of the molecule is CC(C)CC(NC(=O)C1CCCN1C(=O)C(CCCCN)NC(=O)CNC(=O)C(Cc1c[nH]c2ccccc12)NC(=O)C(CCCN=C(N)N)NC(=O)C(Cc1ccccc1)NC(=O)C(N)Cc1cnc[nH]1)C(N)=O. The molecule has 8 amide bonds. The monoisotopic (exact) mass is 1040 g/mol. The van der Waals surface area contributed by atoms with Crippen molar-refractivity contribution in [2.24, 2.45) is 39.6 Å². The number of nitrogens with two attached hydrogens (primary N) is 5. The van der Waals surface area contributed by atoms with Gasteiger partial charge in [0.25, 0.3) is 0 Å². The smallest absolute Gasteiger partial charge is 0.245 e. The largest absolute Gasteiger partial charge is 0.370 e. The van der Waals surface area contributed by atoms with E-state index in [0.29, 0.717) is 55.5 Å². The Morgan fingerprint density at radius 2 is 1.43 bits per heavy atom. The normalized spacial score (nSPS) is 15.6. The second-order valence-electron chi connectivity index (χ2n) is 19.2. The van der Waals surface area contributed by atoms with Crippen molar-refractivity contribution in [2.45, 2.75) is 127 Å². The number of nitrogens with zero attached hydrogens (tertiary/aromatic N) is 3. The molecular formula is C51H74N16O8. The molecule has 75 heavy (non-hydrogen) atoms. The number of H-pyrrole nitrogens is 2. The van der Waals surface area contributed by atoms with E-state index >= 15 is 0 Å². The molecule has 0 spiro atoms. The van der Waals surface area contributed by atoms with Gasteiger partial charge in [-0.05, 0) is 81.0 Å². The molecule has 0 bridgehead atoms. The highest BCUT2D eigenvalue weighted by atomic mass is 16.2. The fourth-order valence-electron chi connectivity index (χ4n) is 8.89. The van der Waals surface area contributed by atoms with Crippen molar-refractivity contribution in [3.63, 3.8) is 0 Å². The molecule has 1 aliphatic rings. The van der Waals surface area contributed by atoms with Crippen LogP contribution in [0.4, 0.5) is 0 Å². The van der Waals surface area contributed by atoms with Crippen molar-refractivity contribution in [1.82, 2.24) is 51.8 Å². The Bertz CT molecular complexity index is 2570. The minimum Gasteiger partial charge on any atom is -0.370 e. The number of amides is 8. The molecule has 24 nitrogen and oxygen atoms in total. The number of para-hydroxylation sites is 1. The molecule has 0 radical (unpaired) electrons. The van der Waals surface area contributed by atoms with E-state index in [9.17, 15) is 38.4 Å². The Hall–Kier alpha value is -7.86. The molecular weight excluding hydrogens is 965 g/mol. The molecule has 406 valence electrons. The number of imidazole rings is 1. The summed E-state index contributed by atoms with van der Waals surface area (Å²) in [6, 6.07) is 8.49. The van der Waals surface area contributed by atoms with Crippen LogP contribution in [0.5, 0.6) is 0 Å². The Balaban J connectivity index is 1.35. The summed E-state index contributed by atoms with van der Waals surface area (Å²) in [6.07, 6.45) is 7.32. The van der Waals surface area contributed by atoms with Gasteiger partial charge in [-0.3, -0.25) is 43.3 Å². The molecule has 7 atom stereocenters. The minimum absolute atomic E-state index is 0.00764. The number of aromatic amines is 2. The van der Waals surface area contributed by atoms with Crippen molar-refractivity contribution in [3.05, 3.63) is 90.1 Å². The fourth-order valence-corrected chi connectivity index (χ4v) is 8.89. The number of primary amides is 1. The van der Waals surface area contributed by atoms with Gasteiger partial charge in [-0.2, -0.15) is 0 Å². The van der Waals surface area contributed by atoms with Crippen molar-refractivity contribution >= 4 is 64.1 Å². The maximum Gasteiger partial charge on any atom is 0.245 e. The molecule has 2 aromatic heterocycles. The quantitative estimate of drug-likeness (QED) is 0.0161. The summed E-state index contributed by atoms with van der Waals surface area (Å²) in [5, 5.41) is 17.1. The molecule has 7 unspecified atom stereocenters. The molecule has 2 aromatic carbocycles. The predicted molar refractivity (Wildman–Crippen MR) is 281 cm³/mol. The number of aromatic nitrogens is 3. The Morgan fingerprint density at radius 3 is 2.12 bits per heavy atom. The van der Waals surface area contributed by atoms with Crippen LogP contribution >= 0.6 is 0 Å². The lowest BCUT2D eigenvalue weighted by atomic mass is 10.0. The summed E-state index contributed by atoms with van der Waals surface area (Å²) in [6.45, 7) is 3.83. The number of hydrogen-bond donors (Lipinski definition) is 13. The number of unbranched alkanes of at least 4 members (excludes halogenated alkanes) is 1. The van der Waals surface area contributed by atoms with E-state index < -0.39 is 96.1 Å². The van der Waals surface area contributed by atoms with E-state index in [4.69, 9.17) is 28.7 Å². The molecule has 1 saturated heterocycles. The fraction of sp³-hybridized carbons (Fsp3) is 0.490. The molecule has 18 N–H and O–H groups in total. The molecule has 4 aromatic rings. The van der Waals surface area contributed by atoms with Crippen LogP contribution in [0.2, 0.25) is 0 Å². The van der Waals surface area contributed by atoms with Gasteiger partial charge in [-0.1, -0.05) is 62.4 Å². The first-order chi connectivity index (χ1) is 35.9. The lowest BCUT2D eigenvalue weighted by molar-refractivity contribution is -0.142. The third kappa shape index (κ3) is 18.2. The first-order valence-electron chi connectivity index (χ1n) is 25.4. The summed E-state index contributed by atoms with van der Waals surface area (Å²) in [5.41, 5.74) is 31.5.